The van der Waals surface area contributed by atoms with Crippen LogP contribution in [0.4, 0.5) is 0 Å². The van der Waals surface area contributed by atoms with Crippen LogP contribution in [0.15, 0.2) is 36.5 Å². The number of aliphatic hydroxyl groups is 3. The van der Waals surface area contributed by atoms with Gasteiger partial charge in [0.25, 0.3) is 0 Å². The van der Waals surface area contributed by atoms with Gasteiger partial charge in [0.2, 0.25) is 5.91 Å². The lowest BCUT2D eigenvalue weighted by Crippen LogP contribution is -2.45. The summed E-state index contributed by atoms with van der Waals surface area (Å²) in [6.45, 7) is 4.21. The molecule has 306 valence electrons. The molecule has 3 atom stereocenters. The van der Waals surface area contributed by atoms with E-state index in [0.717, 1.165) is 44.9 Å². The monoisotopic (exact) mass is 732 g/mol. The quantitative estimate of drug-likeness (QED) is 0.0372. The first kappa shape index (κ1) is 50.6. The fraction of sp³-hybridized carbons (Fsp3) is 0.851. The Kier molecular flexibility index (Phi) is 41.1. The Hall–Kier alpha value is -1.43. The van der Waals surface area contributed by atoms with Crippen molar-refractivity contribution in [1.29, 1.82) is 0 Å². The molecule has 0 saturated heterocycles. The van der Waals surface area contributed by atoms with Crippen molar-refractivity contribution in [3.05, 3.63) is 36.5 Å². The van der Waals surface area contributed by atoms with Crippen LogP contribution < -0.4 is 5.32 Å². The predicted molar refractivity (Wildman–Crippen MR) is 227 cm³/mol. The summed E-state index contributed by atoms with van der Waals surface area (Å²) in [4.78, 5) is 12.4. The van der Waals surface area contributed by atoms with E-state index in [9.17, 15) is 20.1 Å². The predicted octanol–water partition coefficient (Wildman–Crippen LogP) is 13.2. The largest absolute Gasteiger partial charge is 0.394 e. The molecule has 52 heavy (non-hydrogen) atoms. The van der Waals surface area contributed by atoms with Gasteiger partial charge in [-0.05, 0) is 57.8 Å². The molecule has 4 N–H and O–H groups in total. The average Bonchev–Trinajstić information content (AvgIpc) is 3.14. The Labute approximate surface area is 324 Å². The third-order valence-corrected chi connectivity index (χ3v) is 10.4. The highest BCUT2D eigenvalue weighted by Crippen LogP contribution is 2.15. The Balaban J connectivity index is 3.71. The van der Waals surface area contributed by atoms with Gasteiger partial charge in [-0.15, -0.1) is 0 Å². The minimum absolute atomic E-state index is 0.000758. The molecule has 5 heteroatoms. The van der Waals surface area contributed by atoms with Crippen molar-refractivity contribution >= 4 is 5.91 Å². The third-order valence-electron chi connectivity index (χ3n) is 10.4. The summed E-state index contributed by atoms with van der Waals surface area (Å²) in [5.74, 6) is -0.329. The molecule has 0 radical (unpaired) electrons. The SMILES string of the molecule is CCCCCCCCCCCC/C=C\CCCCCCCC(O)CC(=O)NC(CO)C(O)/C=C/CC/C=C/CCCCCCCCCCCCCC. The summed E-state index contributed by atoms with van der Waals surface area (Å²) in [5.41, 5.74) is 0. The number of hydrogen-bond donors (Lipinski definition) is 4. The van der Waals surface area contributed by atoms with Gasteiger partial charge in [0, 0.05) is 0 Å². The van der Waals surface area contributed by atoms with E-state index in [1.165, 1.54) is 161 Å². The van der Waals surface area contributed by atoms with E-state index in [-0.39, 0.29) is 18.9 Å². The first-order chi connectivity index (χ1) is 25.5. The normalized spacial score (nSPS) is 13.9. The van der Waals surface area contributed by atoms with Crippen molar-refractivity contribution in [3.63, 3.8) is 0 Å². The molecule has 0 aromatic heterocycles. The first-order valence-corrected chi connectivity index (χ1v) is 22.8. The summed E-state index contributed by atoms with van der Waals surface area (Å²) < 4.78 is 0. The molecule has 5 nitrogen and oxygen atoms in total. The average molecular weight is 732 g/mol. The van der Waals surface area contributed by atoms with Gasteiger partial charge in [0.1, 0.15) is 0 Å². The van der Waals surface area contributed by atoms with Gasteiger partial charge in [-0.3, -0.25) is 4.79 Å². The topological polar surface area (TPSA) is 89.8 Å². The summed E-state index contributed by atoms with van der Waals surface area (Å²) in [5, 5.41) is 33.2. The number of carbonyl (C=O) groups excluding carboxylic acids is 1. The lowest BCUT2D eigenvalue weighted by molar-refractivity contribution is -0.124. The summed E-state index contributed by atoms with van der Waals surface area (Å²) >= 11 is 0. The maximum Gasteiger partial charge on any atom is 0.222 e. The lowest BCUT2D eigenvalue weighted by atomic mass is 10.0. The molecule has 0 fully saturated rings. The van der Waals surface area contributed by atoms with Gasteiger partial charge in [-0.25, -0.2) is 0 Å². The van der Waals surface area contributed by atoms with E-state index >= 15 is 0 Å². The van der Waals surface area contributed by atoms with Crippen LogP contribution in [0.25, 0.3) is 0 Å². The van der Waals surface area contributed by atoms with Gasteiger partial charge in [0.05, 0.1) is 31.3 Å². The molecule has 0 aliphatic heterocycles. The fourth-order valence-electron chi connectivity index (χ4n) is 6.88. The van der Waals surface area contributed by atoms with Gasteiger partial charge in [-0.2, -0.15) is 0 Å². The number of hydrogen-bond acceptors (Lipinski definition) is 4. The molecule has 0 aliphatic rings. The molecule has 3 unspecified atom stereocenters. The van der Waals surface area contributed by atoms with E-state index in [1.807, 2.05) is 6.08 Å². The van der Waals surface area contributed by atoms with E-state index in [0.29, 0.717) is 6.42 Å². The second kappa shape index (κ2) is 42.3. The lowest BCUT2D eigenvalue weighted by Gasteiger charge is -2.20. The number of nitrogens with one attached hydrogen (secondary N) is 1. The number of carbonyl (C=O) groups is 1. The second-order valence-electron chi connectivity index (χ2n) is 15.6. The molecule has 0 bridgehead atoms. The molecule has 0 saturated carbocycles. The van der Waals surface area contributed by atoms with Crippen LogP contribution >= 0.6 is 0 Å². The molecule has 0 rings (SSSR count). The van der Waals surface area contributed by atoms with Crippen LogP contribution in [0, 0.1) is 0 Å². The van der Waals surface area contributed by atoms with Crippen LogP contribution in [0.1, 0.15) is 232 Å². The van der Waals surface area contributed by atoms with Crippen LogP contribution in [0.2, 0.25) is 0 Å². The van der Waals surface area contributed by atoms with E-state index in [4.69, 9.17) is 0 Å². The van der Waals surface area contributed by atoms with Crippen molar-refractivity contribution < 1.29 is 20.1 Å². The number of unbranched alkanes of at least 4 members (excludes halogenated alkanes) is 28. The molecule has 0 heterocycles. The molecule has 0 aliphatic carbocycles. The van der Waals surface area contributed by atoms with Crippen LogP contribution in [0.5, 0.6) is 0 Å². The second-order valence-corrected chi connectivity index (χ2v) is 15.6. The Morgan fingerprint density at radius 1 is 0.481 bits per heavy atom. The molecule has 0 aromatic carbocycles. The van der Waals surface area contributed by atoms with E-state index in [2.05, 4.69) is 43.5 Å². The summed E-state index contributed by atoms with van der Waals surface area (Å²) in [7, 11) is 0. The molecular weight excluding hydrogens is 643 g/mol. The van der Waals surface area contributed by atoms with Crippen molar-refractivity contribution in [2.75, 3.05) is 6.61 Å². The number of aliphatic hydroxyl groups excluding tert-OH is 3. The summed E-state index contributed by atoms with van der Waals surface area (Å²) in [6.07, 6.45) is 52.9. The Morgan fingerprint density at radius 2 is 0.827 bits per heavy atom. The van der Waals surface area contributed by atoms with Crippen LogP contribution in [0.3, 0.4) is 0 Å². The van der Waals surface area contributed by atoms with Gasteiger partial charge in [0.15, 0.2) is 0 Å². The van der Waals surface area contributed by atoms with E-state index in [1.54, 1.807) is 6.08 Å². The highest BCUT2D eigenvalue weighted by Gasteiger charge is 2.20. The summed E-state index contributed by atoms with van der Waals surface area (Å²) in [6, 6.07) is -0.763. The third kappa shape index (κ3) is 38.3. The number of rotatable bonds is 41. The highest BCUT2D eigenvalue weighted by molar-refractivity contribution is 5.76. The van der Waals surface area contributed by atoms with Gasteiger partial charge < -0.3 is 20.6 Å². The molecule has 0 aromatic rings. The van der Waals surface area contributed by atoms with Crippen LogP contribution in [-0.4, -0.2) is 46.1 Å². The van der Waals surface area contributed by atoms with Crippen molar-refractivity contribution in [2.45, 2.75) is 250 Å². The molecule has 1 amide bonds. The smallest absolute Gasteiger partial charge is 0.222 e. The highest BCUT2D eigenvalue weighted by atomic mass is 16.3. The minimum atomic E-state index is -0.953. The standard InChI is InChI=1S/C47H89NO4/c1-3-5-7-9-11-13-15-17-19-21-23-24-26-28-30-32-34-36-38-40-44(50)42-47(52)48-45(43-49)46(51)41-39-37-35-33-31-29-27-25-22-20-18-16-14-12-10-8-6-4-2/h24,26,31,33,39,41,44-46,49-51H,3-23,25,27-30,32,34-38,40,42-43H2,1-2H3,(H,48,52)/b26-24-,33-31+,41-39+. The maximum absolute atomic E-state index is 12.4. The first-order valence-electron chi connectivity index (χ1n) is 22.8. The fourth-order valence-corrected chi connectivity index (χ4v) is 6.88. The van der Waals surface area contributed by atoms with E-state index < -0.39 is 18.2 Å². The number of allylic oxidation sites excluding steroid dienone is 5. The zero-order chi connectivity index (χ0) is 38.0. The zero-order valence-electron chi connectivity index (χ0n) is 34.7. The molecule has 0 spiro atoms. The zero-order valence-corrected chi connectivity index (χ0v) is 34.7. The number of amides is 1. The maximum atomic E-state index is 12.4. The van der Waals surface area contributed by atoms with Gasteiger partial charge >= 0.3 is 0 Å². The Morgan fingerprint density at radius 3 is 1.23 bits per heavy atom. The Bertz CT molecular complexity index is 809. The van der Waals surface area contributed by atoms with Crippen molar-refractivity contribution in [1.82, 2.24) is 5.32 Å². The minimum Gasteiger partial charge on any atom is -0.394 e. The molecular formula is C47H89NO4. The van der Waals surface area contributed by atoms with Crippen molar-refractivity contribution in [3.8, 4) is 0 Å². The van der Waals surface area contributed by atoms with Gasteiger partial charge in [-0.1, -0.05) is 204 Å². The van der Waals surface area contributed by atoms with Crippen molar-refractivity contribution in [2.24, 2.45) is 0 Å². The van der Waals surface area contributed by atoms with Crippen LogP contribution in [-0.2, 0) is 4.79 Å².